The molecule has 0 aromatic heterocycles. The van der Waals surface area contributed by atoms with E-state index in [0.717, 1.165) is 11.6 Å². The zero-order valence-electron chi connectivity index (χ0n) is 15.8. The van der Waals surface area contributed by atoms with E-state index in [2.05, 4.69) is 5.32 Å². The first-order chi connectivity index (χ1) is 14.4. The second kappa shape index (κ2) is 7.88. The van der Waals surface area contributed by atoms with Gasteiger partial charge in [0.15, 0.2) is 5.78 Å². The van der Waals surface area contributed by atoms with E-state index in [4.69, 9.17) is 9.84 Å². The van der Waals surface area contributed by atoms with Gasteiger partial charge in [0.25, 0.3) is 0 Å². The largest absolute Gasteiger partial charge is 0.508 e. The number of Topliss-reactive ketones (excluding diaryl/α,β-unsaturated/α-hetero) is 1. The number of hydrogen-bond acceptors (Lipinski definition) is 6. The Kier molecular flexibility index (Phi) is 5.12. The second-order valence-electron chi connectivity index (χ2n) is 7.01. The summed E-state index contributed by atoms with van der Waals surface area (Å²) in [6, 6.07) is 15.5. The molecule has 3 aromatic rings. The number of carboxylic acids is 1. The lowest BCUT2D eigenvalue weighted by Gasteiger charge is -2.17. The molecular weight excluding hydrogens is 386 g/mol. The quantitative estimate of drug-likeness (QED) is 0.465. The van der Waals surface area contributed by atoms with E-state index in [-0.39, 0.29) is 35.0 Å². The Hall–Kier alpha value is -3.84. The lowest BCUT2D eigenvalue weighted by Crippen LogP contribution is -2.23. The van der Waals surface area contributed by atoms with E-state index in [1.165, 1.54) is 18.2 Å². The normalized spacial score (nSPS) is 14.9. The molecule has 1 unspecified atom stereocenters. The number of benzene rings is 3. The topological polar surface area (TPSA) is 116 Å². The van der Waals surface area contributed by atoms with Crippen molar-refractivity contribution in [3.8, 4) is 17.2 Å². The van der Waals surface area contributed by atoms with Gasteiger partial charge in [0.1, 0.15) is 29.4 Å². The van der Waals surface area contributed by atoms with E-state index < -0.39 is 17.8 Å². The van der Waals surface area contributed by atoms with Crippen LogP contribution in [0.25, 0.3) is 0 Å². The van der Waals surface area contributed by atoms with Crippen molar-refractivity contribution in [1.29, 1.82) is 0 Å². The zero-order valence-corrected chi connectivity index (χ0v) is 15.8. The first-order valence-electron chi connectivity index (χ1n) is 9.30. The van der Waals surface area contributed by atoms with Gasteiger partial charge in [-0.15, -0.1) is 0 Å². The molecule has 0 saturated carbocycles. The molecule has 4 rings (SSSR count). The maximum atomic E-state index is 13.3. The van der Waals surface area contributed by atoms with Crippen LogP contribution in [0.2, 0.25) is 0 Å². The van der Waals surface area contributed by atoms with E-state index in [1.807, 2.05) is 30.3 Å². The fraction of sp³-hybridized carbons (Fsp3) is 0.130. The molecule has 0 amide bonds. The highest BCUT2D eigenvalue weighted by Crippen LogP contribution is 2.38. The average Bonchev–Trinajstić information content (AvgIpc) is 3.15. The summed E-state index contributed by atoms with van der Waals surface area (Å²) in [5.41, 5.74) is 2.31. The number of nitrogens with one attached hydrogen (secondary N) is 1. The molecule has 0 saturated heterocycles. The second-order valence-corrected chi connectivity index (χ2v) is 7.01. The predicted molar refractivity (Wildman–Crippen MR) is 108 cm³/mol. The highest BCUT2D eigenvalue weighted by atomic mass is 16.5. The SMILES string of the molecule is O=C(O)c1ccc2c(c1)CNC2C(=O)c1c(O)cc(O)cc1OCc1ccccc1. The summed E-state index contributed by atoms with van der Waals surface area (Å²) in [5.74, 6) is -2.02. The Morgan fingerprint density at radius 3 is 2.53 bits per heavy atom. The van der Waals surface area contributed by atoms with Gasteiger partial charge in [-0.25, -0.2) is 4.79 Å². The van der Waals surface area contributed by atoms with Gasteiger partial charge >= 0.3 is 5.97 Å². The van der Waals surface area contributed by atoms with Crippen molar-refractivity contribution < 1.29 is 29.6 Å². The predicted octanol–water partition coefficient (Wildman–Crippen LogP) is 3.40. The highest BCUT2D eigenvalue weighted by molar-refractivity contribution is 6.06. The maximum Gasteiger partial charge on any atom is 0.335 e. The minimum absolute atomic E-state index is 0.0450. The van der Waals surface area contributed by atoms with Gasteiger partial charge in [-0.3, -0.25) is 10.1 Å². The summed E-state index contributed by atoms with van der Waals surface area (Å²) in [6.45, 7) is 0.479. The number of ketones is 1. The minimum Gasteiger partial charge on any atom is -0.508 e. The van der Waals surface area contributed by atoms with E-state index >= 15 is 0 Å². The van der Waals surface area contributed by atoms with Gasteiger partial charge in [0.05, 0.1) is 11.6 Å². The molecule has 1 aliphatic rings. The molecule has 4 N–H and O–H groups in total. The maximum absolute atomic E-state index is 13.3. The number of carbonyl (C=O) groups excluding carboxylic acids is 1. The fourth-order valence-corrected chi connectivity index (χ4v) is 3.56. The first kappa shape index (κ1) is 19.5. The van der Waals surface area contributed by atoms with Crippen molar-refractivity contribution in [1.82, 2.24) is 5.32 Å². The standard InChI is InChI=1S/C23H19NO6/c25-16-9-18(26)20(19(10-16)30-12-13-4-2-1-3-5-13)22(27)21-17-7-6-14(23(28)29)8-15(17)11-24-21/h1-10,21,24-26H,11-12H2,(H,28,29). The summed E-state index contributed by atoms with van der Waals surface area (Å²) in [5, 5.41) is 32.5. The van der Waals surface area contributed by atoms with Crippen LogP contribution in [0, 0.1) is 0 Å². The minimum atomic E-state index is -1.04. The molecular formula is C23H19NO6. The van der Waals surface area contributed by atoms with Crippen LogP contribution >= 0.6 is 0 Å². The number of hydrogen-bond donors (Lipinski definition) is 4. The zero-order chi connectivity index (χ0) is 21.3. The number of phenolic OH excluding ortho intramolecular Hbond substituents is 2. The molecule has 3 aromatic carbocycles. The molecule has 1 heterocycles. The number of ether oxygens (including phenoxy) is 1. The van der Waals surface area contributed by atoms with Crippen molar-refractivity contribution in [2.24, 2.45) is 0 Å². The summed E-state index contributed by atoms with van der Waals surface area (Å²) in [7, 11) is 0. The molecule has 7 nitrogen and oxygen atoms in total. The Morgan fingerprint density at radius 2 is 1.80 bits per heavy atom. The van der Waals surface area contributed by atoms with Gasteiger partial charge in [-0.2, -0.15) is 0 Å². The summed E-state index contributed by atoms with van der Waals surface area (Å²) in [6.07, 6.45) is 0. The summed E-state index contributed by atoms with van der Waals surface area (Å²) >= 11 is 0. The molecule has 30 heavy (non-hydrogen) atoms. The van der Waals surface area contributed by atoms with Gasteiger partial charge in [0.2, 0.25) is 0 Å². The highest BCUT2D eigenvalue weighted by Gasteiger charge is 2.33. The molecule has 1 atom stereocenters. The fourth-order valence-electron chi connectivity index (χ4n) is 3.56. The summed E-state index contributed by atoms with van der Waals surface area (Å²) in [4.78, 5) is 24.5. The third-order valence-electron chi connectivity index (χ3n) is 5.01. The Bertz CT molecular complexity index is 1130. The number of aromatic hydroxyl groups is 2. The van der Waals surface area contributed by atoms with Crippen LogP contribution in [0.4, 0.5) is 0 Å². The van der Waals surface area contributed by atoms with Crippen LogP contribution in [0.3, 0.4) is 0 Å². The number of phenols is 2. The van der Waals surface area contributed by atoms with Crippen LogP contribution in [0.5, 0.6) is 17.2 Å². The number of carbonyl (C=O) groups is 2. The average molecular weight is 405 g/mol. The molecule has 0 aliphatic carbocycles. The van der Waals surface area contributed by atoms with Crippen LogP contribution < -0.4 is 10.1 Å². The Morgan fingerprint density at radius 1 is 1.03 bits per heavy atom. The Labute approximate surface area is 172 Å². The molecule has 0 bridgehead atoms. The van der Waals surface area contributed by atoms with Gasteiger partial charge in [-0.1, -0.05) is 36.4 Å². The first-order valence-corrected chi connectivity index (χ1v) is 9.30. The smallest absolute Gasteiger partial charge is 0.335 e. The van der Waals surface area contributed by atoms with Gasteiger partial charge in [-0.05, 0) is 28.8 Å². The monoisotopic (exact) mass is 405 g/mol. The van der Waals surface area contributed by atoms with E-state index in [1.54, 1.807) is 6.07 Å². The molecule has 0 spiro atoms. The summed E-state index contributed by atoms with van der Waals surface area (Å²) < 4.78 is 5.76. The van der Waals surface area contributed by atoms with Crippen LogP contribution in [-0.4, -0.2) is 27.1 Å². The van der Waals surface area contributed by atoms with Crippen LogP contribution in [0.1, 0.15) is 43.4 Å². The van der Waals surface area contributed by atoms with Crippen molar-refractivity contribution in [3.63, 3.8) is 0 Å². The molecule has 0 fully saturated rings. The Balaban J connectivity index is 1.66. The lowest BCUT2D eigenvalue weighted by atomic mass is 9.95. The number of carboxylic acid groups (broad SMARTS) is 1. The third kappa shape index (κ3) is 3.70. The third-order valence-corrected chi connectivity index (χ3v) is 5.01. The lowest BCUT2D eigenvalue weighted by molar-refractivity contribution is 0.0696. The number of aromatic carboxylic acids is 1. The van der Waals surface area contributed by atoms with Crippen LogP contribution in [-0.2, 0) is 13.2 Å². The van der Waals surface area contributed by atoms with Crippen molar-refractivity contribution in [3.05, 3.63) is 88.5 Å². The number of fused-ring (bicyclic) bond motifs is 1. The van der Waals surface area contributed by atoms with Crippen molar-refractivity contribution in [2.75, 3.05) is 0 Å². The van der Waals surface area contributed by atoms with Crippen molar-refractivity contribution in [2.45, 2.75) is 19.2 Å². The molecule has 1 aliphatic heterocycles. The molecule has 152 valence electrons. The van der Waals surface area contributed by atoms with Gasteiger partial charge in [0, 0.05) is 18.7 Å². The van der Waals surface area contributed by atoms with Crippen molar-refractivity contribution >= 4 is 11.8 Å². The van der Waals surface area contributed by atoms with E-state index in [0.29, 0.717) is 17.7 Å². The van der Waals surface area contributed by atoms with Crippen LogP contribution in [0.15, 0.2) is 60.7 Å². The molecule has 7 heteroatoms. The number of rotatable bonds is 6. The van der Waals surface area contributed by atoms with E-state index in [9.17, 15) is 19.8 Å². The van der Waals surface area contributed by atoms with Gasteiger partial charge < -0.3 is 20.1 Å². The molecule has 0 radical (unpaired) electrons.